The molecule has 1 amide bonds. The first-order chi connectivity index (χ1) is 9.31. The number of carbonyl (C=O) groups is 1. The summed E-state index contributed by atoms with van der Waals surface area (Å²) in [4.78, 5) is 12.0. The number of furan rings is 1. The number of amides is 1. The quantitative estimate of drug-likeness (QED) is 0.882. The van der Waals surface area contributed by atoms with Crippen LogP contribution in [0.25, 0.3) is 0 Å². The Labute approximate surface area is 117 Å². The van der Waals surface area contributed by atoms with Crippen LogP contribution in [0, 0.1) is 13.8 Å². The molecule has 108 valence electrons. The fourth-order valence-electron chi connectivity index (χ4n) is 2.20. The van der Waals surface area contributed by atoms with Gasteiger partial charge in [0.1, 0.15) is 22.8 Å². The number of carbonyl (C=O) groups excluding carboxylic acids is 1. The van der Waals surface area contributed by atoms with Gasteiger partial charge in [-0.15, -0.1) is 0 Å². The van der Waals surface area contributed by atoms with Crippen molar-refractivity contribution in [3.63, 3.8) is 0 Å². The van der Waals surface area contributed by atoms with Crippen molar-refractivity contribution in [1.82, 2.24) is 15.1 Å². The summed E-state index contributed by atoms with van der Waals surface area (Å²) in [7, 11) is 1.69. The molecule has 0 aliphatic heterocycles. The number of hydrogen-bond acceptors (Lipinski definition) is 4. The van der Waals surface area contributed by atoms with Crippen LogP contribution < -0.4 is 5.32 Å². The maximum atomic E-state index is 12.0. The van der Waals surface area contributed by atoms with Crippen LogP contribution in [0.3, 0.4) is 0 Å². The van der Waals surface area contributed by atoms with E-state index in [1.807, 2.05) is 6.92 Å². The predicted octanol–water partition coefficient (Wildman–Crippen LogP) is 1.27. The van der Waals surface area contributed by atoms with Gasteiger partial charge in [0, 0.05) is 18.8 Å². The number of nitrogens with one attached hydrogen (secondary N) is 1. The van der Waals surface area contributed by atoms with E-state index in [2.05, 4.69) is 10.4 Å². The Morgan fingerprint density at radius 1 is 1.55 bits per heavy atom. The average Bonchev–Trinajstić information content (AvgIpc) is 2.92. The smallest absolute Gasteiger partial charge is 0.269 e. The van der Waals surface area contributed by atoms with Gasteiger partial charge >= 0.3 is 0 Å². The molecule has 1 unspecified atom stereocenters. The number of aliphatic hydroxyl groups is 1. The molecule has 0 bridgehead atoms. The maximum absolute atomic E-state index is 12.0. The Hall–Kier alpha value is -2.08. The monoisotopic (exact) mass is 277 g/mol. The van der Waals surface area contributed by atoms with E-state index in [9.17, 15) is 9.90 Å². The highest BCUT2D eigenvalue weighted by Gasteiger charge is 2.28. The molecule has 2 heterocycles. The van der Waals surface area contributed by atoms with E-state index >= 15 is 0 Å². The van der Waals surface area contributed by atoms with E-state index in [1.165, 1.54) is 4.68 Å². The van der Waals surface area contributed by atoms with E-state index < -0.39 is 5.60 Å². The molecule has 2 aromatic rings. The Morgan fingerprint density at radius 2 is 2.25 bits per heavy atom. The first-order valence-corrected chi connectivity index (χ1v) is 6.37. The molecule has 0 fully saturated rings. The minimum Gasteiger partial charge on any atom is -0.466 e. The first-order valence-electron chi connectivity index (χ1n) is 6.37. The summed E-state index contributed by atoms with van der Waals surface area (Å²) in [6.07, 6.45) is 1.55. The van der Waals surface area contributed by atoms with E-state index in [-0.39, 0.29) is 12.5 Å². The standard InChI is InChI=1S/C14H19N3O3/c1-9-7-11(10(2)20-9)14(3,19)8-15-13(18)12-5-6-16-17(12)4/h5-7,19H,8H2,1-4H3,(H,15,18). The lowest BCUT2D eigenvalue weighted by Gasteiger charge is -2.23. The number of hydrogen-bond donors (Lipinski definition) is 2. The first kappa shape index (κ1) is 14.3. The lowest BCUT2D eigenvalue weighted by molar-refractivity contribution is 0.0511. The van der Waals surface area contributed by atoms with Crippen LogP contribution >= 0.6 is 0 Å². The predicted molar refractivity (Wildman–Crippen MR) is 73.3 cm³/mol. The third-order valence-corrected chi connectivity index (χ3v) is 3.27. The van der Waals surface area contributed by atoms with Crippen LogP contribution in [0.15, 0.2) is 22.7 Å². The average molecular weight is 277 g/mol. The van der Waals surface area contributed by atoms with Crippen molar-refractivity contribution in [2.45, 2.75) is 26.4 Å². The zero-order chi connectivity index (χ0) is 14.9. The summed E-state index contributed by atoms with van der Waals surface area (Å²) >= 11 is 0. The molecule has 0 radical (unpaired) electrons. The van der Waals surface area contributed by atoms with Gasteiger partial charge in [-0.3, -0.25) is 9.48 Å². The maximum Gasteiger partial charge on any atom is 0.269 e. The summed E-state index contributed by atoms with van der Waals surface area (Å²) in [5, 5.41) is 17.1. The van der Waals surface area contributed by atoms with Crippen LogP contribution in [0.5, 0.6) is 0 Å². The molecule has 1 atom stereocenters. The van der Waals surface area contributed by atoms with Crippen molar-refractivity contribution in [3.05, 3.63) is 41.1 Å². The zero-order valence-corrected chi connectivity index (χ0v) is 12.1. The van der Waals surface area contributed by atoms with E-state index in [0.29, 0.717) is 17.0 Å². The van der Waals surface area contributed by atoms with Crippen LogP contribution in [-0.2, 0) is 12.6 Å². The van der Waals surface area contributed by atoms with Crippen LogP contribution in [0.2, 0.25) is 0 Å². The molecule has 6 heteroatoms. The highest BCUT2D eigenvalue weighted by molar-refractivity contribution is 5.92. The topological polar surface area (TPSA) is 80.3 Å². The Bertz CT molecular complexity index is 625. The second-order valence-corrected chi connectivity index (χ2v) is 5.12. The van der Waals surface area contributed by atoms with E-state index in [0.717, 1.165) is 5.76 Å². The van der Waals surface area contributed by atoms with E-state index in [1.54, 1.807) is 39.2 Å². The van der Waals surface area contributed by atoms with Crippen LogP contribution in [0.4, 0.5) is 0 Å². The van der Waals surface area contributed by atoms with Crippen molar-refractivity contribution in [1.29, 1.82) is 0 Å². The van der Waals surface area contributed by atoms with Crippen molar-refractivity contribution < 1.29 is 14.3 Å². The second-order valence-electron chi connectivity index (χ2n) is 5.12. The number of rotatable bonds is 4. The van der Waals surface area contributed by atoms with Gasteiger partial charge in [-0.2, -0.15) is 5.10 Å². The van der Waals surface area contributed by atoms with Crippen molar-refractivity contribution >= 4 is 5.91 Å². The molecule has 20 heavy (non-hydrogen) atoms. The van der Waals surface area contributed by atoms with Gasteiger partial charge in [-0.1, -0.05) is 0 Å². The molecule has 0 saturated heterocycles. The minimum absolute atomic E-state index is 0.0941. The van der Waals surface area contributed by atoms with Gasteiger partial charge in [0.15, 0.2) is 0 Å². The molecular formula is C14H19N3O3. The second kappa shape index (κ2) is 5.13. The summed E-state index contributed by atoms with van der Waals surface area (Å²) in [5.74, 6) is 1.11. The third kappa shape index (κ3) is 2.75. The van der Waals surface area contributed by atoms with Crippen molar-refractivity contribution in [2.75, 3.05) is 6.54 Å². The largest absolute Gasteiger partial charge is 0.466 e. The van der Waals surface area contributed by atoms with Crippen molar-refractivity contribution in [3.8, 4) is 0 Å². The Kier molecular flexibility index (Phi) is 3.67. The number of aromatic nitrogens is 2. The van der Waals surface area contributed by atoms with Crippen LogP contribution in [-0.4, -0.2) is 27.3 Å². The molecule has 0 spiro atoms. The molecule has 2 N–H and O–H groups in total. The Balaban J connectivity index is 2.08. The molecule has 2 aromatic heterocycles. The molecule has 0 aliphatic rings. The molecule has 6 nitrogen and oxygen atoms in total. The van der Waals surface area contributed by atoms with Gasteiger partial charge in [0.25, 0.3) is 5.91 Å². The normalized spacial score (nSPS) is 14.1. The van der Waals surface area contributed by atoms with Gasteiger partial charge in [-0.25, -0.2) is 0 Å². The number of aryl methyl sites for hydroxylation is 3. The lowest BCUT2D eigenvalue weighted by atomic mass is 9.96. The SMILES string of the molecule is Cc1cc(C(C)(O)CNC(=O)c2ccnn2C)c(C)o1. The fraction of sp³-hybridized carbons (Fsp3) is 0.429. The molecular weight excluding hydrogens is 258 g/mol. The van der Waals surface area contributed by atoms with Crippen molar-refractivity contribution in [2.24, 2.45) is 7.05 Å². The zero-order valence-electron chi connectivity index (χ0n) is 12.1. The number of nitrogens with zero attached hydrogens (tertiary/aromatic N) is 2. The summed E-state index contributed by atoms with van der Waals surface area (Å²) in [6.45, 7) is 5.35. The van der Waals surface area contributed by atoms with E-state index in [4.69, 9.17) is 4.42 Å². The van der Waals surface area contributed by atoms with Gasteiger partial charge in [0.05, 0.1) is 6.54 Å². The van der Waals surface area contributed by atoms with Gasteiger partial charge in [0.2, 0.25) is 0 Å². The van der Waals surface area contributed by atoms with Gasteiger partial charge < -0.3 is 14.8 Å². The molecule has 0 aromatic carbocycles. The van der Waals surface area contributed by atoms with Gasteiger partial charge in [-0.05, 0) is 32.9 Å². The lowest BCUT2D eigenvalue weighted by Crippen LogP contribution is -2.39. The summed E-state index contributed by atoms with van der Waals surface area (Å²) in [6, 6.07) is 3.41. The highest BCUT2D eigenvalue weighted by Crippen LogP contribution is 2.26. The molecule has 0 aliphatic carbocycles. The summed E-state index contributed by atoms with van der Waals surface area (Å²) in [5.41, 5.74) is -0.0583. The highest BCUT2D eigenvalue weighted by atomic mass is 16.3. The molecule has 0 saturated carbocycles. The van der Waals surface area contributed by atoms with Crippen LogP contribution in [0.1, 0.15) is 34.5 Å². The Morgan fingerprint density at radius 3 is 2.75 bits per heavy atom. The minimum atomic E-state index is -1.18. The third-order valence-electron chi connectivity index (χ3n) is 3.27. The summed E-state index contributed by atoms with van der Waals surface area (Å²) < 4.78 is 6.90. The fourth-order valence-corrected chi connectivity index (χ4v) is 2.20. The molecule has 2 rings (SSSR count).